The third kappa shape index (κ3) is 26.2. The zero-order chi connectivity index (χ0) is 80.5. The van der Waals surface area contributed by atoms with Gasteiger partial charge in [-0.25, -0.2) is 19.3 Å². The molecule has 6 heterocycles. The first kappa shape index (κ1) is 87.8. The number of cyclic esters (lactones) is 1. The van der Waals surface area contributed by atoms with E-state index in [1.165, 1.54) is 11.0 Å². The SMILES string of the molecule is CCc1c2c(nc3ccc(O)cc13)-c1cc3c(c(=O)n1C2)COC(=O)C3(CC)OC(=O)OCc1ccc(NC(=O)C(CCCCN)NC(=O)COCC(=O)NCCOCCOCCOCCOCCOCCOCCOCCOCCn2cc(CNC(=O)C3CCC(CN4C(=O)CC(SCC(N)C(=O)O)C4=O)CC3)nn2)cc1. The van der Waals surface area contributed by atoms with Gasteiger partial charge in [-0.3, -0.25) is 43.3 Å². The van der Waals surface area contributed by atoms with Crippen LogP contribution in [0.15, 0.2) is 59.5 Å². The van der Waals surface area contributed by atoms with Gasteiger partial charge in [-0.2, -0.15) is 0 Å². The number of phenolic OH excluding ortho intramolecular Hbond substituents is 1. The fraction of sp³-hybridized carbons (Fsp3) is 0.592. The van der Waals surface area contributed by atoms with Crippen molar-refractivity contribution in [3.05, 3.63) is 98.6 Å². The Morgan fingerprint density at radius 2 is 1.39 bits per heavy atom. The molecule has 36 nitrogen and oxygen atoms in total. The van der Waals surface area contributed by atoms with Crippen LogP contribution in [0.25, 0.3) is 22.3 Å². The van der Waals surface area contributed by atoms with Crippen LogP contribution in [-0.4, -0.2) is 255 Å². The molecule has 5 aromatic rings. The Bertz CT molecular complexity index is 4070. The van der Waals surface area contributed by atoms with E-state index < -0.39 is 77.5 Å². The molecule has 2 fully saturated rings. The predicted molar refractivity (Wildman–Crippen MR) is 405 cm³/mol. The molecule has 9 rings (SSSR count). The van der Waals surface area contributed by atoms with Crippen molar-refractivity contribution in [2.75, 3.05) is 150 Å². The number of esters is 1. The average Bonchev–Trinajstić information content (AvgIpc) is 1.61. The van der Waals surface area contributed by atoms with Crippen LogP contribution in [0.3, 0.4) is 0 Å². The lowest BCUT2D eigenvalue weighted by Gasteiger charge is -2.35. The lowest BCUT2D eigenvalue weighted by molar-refractivity contribution is -0.175. The number of aryl methyl sites for hydroxylation is 1. The van der Waals surface area contributed by atoms with E-state index in [0.717, 1.165) is 28.3 Å². The Labute approximate surface area is 657 Å². The maximum atomic E-state index is 14.1. The number of ether oxygens (including phenoxy) is 12. The van der Waals surface area contributed by atoms with Crippen molar-refractivity contribution in [1.82, 2.24) is 45.4 Å². The number of carbonyl (C=O) groups excluding carboxylic acids is 8. The molecule has 2 aromatic carbocycles. The van der Waals surface area contributed by atoms with Gasteiger partial charge in [-0.15, -0.1) is 16.9 Å². The second-order valence-electron chi connectivity index (χ2n) is 27.2. The number of hydrogen-bond donors (Lipinski definition) is 8. The smallest absolute Gasteiger partial charge is 0.508 e. The molecule has 0 radical (unpaired) electrons. The molecule has 1 saturated carbocycles. The number of carbonyl (C=O) groups is 9. The normalized spacial score (nSPS) is 17.6. The summed E-state index contributed by atoms with van der Waals surface area (Å²) in [7, 11) is 0. The largest absolute Gasteiger partial charge is 0.510 e. The Morgan fingerprint density at radius 3 is 2.02 bits per heavy atom. The Hall–Kier alpha value is -9.12. The lowest BCUT2D eigenvalue weighted by atomic mass is 9.81. The number of aromatic hydroxyl groups is 1. The number of aliphatic carboxylic acids is 1. The quantitative estimate of drug-likeness (QED) is 0.0154. The van der Waals surface area contributed by atoms with Gasteiger partial charge in [0.2, 0.25) is 41.0 Å². The van der Waals surface area contributed by atoms with E-state index in [9.17, 15) is 53.1 Å². The van der Waals surface area contributed by atoms with E-state index in [4.69, 9.17) is 78.4 Å². The summed E-state index contributed by atoms with van der Waals surface area (Å²) in [5, 5.41) is 38.7. The van der Waals surface area contributed by atoms with Gasteiger partial charge in [0.25, 0.3) is 5.56 Å². The number of rotatable bonds is 52. The molecule has 1 saturated heterocycles. The van der Waals surface area contributed by atoms with E-state index in [0.29, 0.717) is 191 Å². The fourth-order valence-electron chi connectivity index (χ4n) is 13.3. The number of nitrogens with zero attached hydrogens (tertiary/aromatic N) is 6. The van der Waals surface area contributed by atoms with Crippen LogP contribution in [0.2, 0.25) is 0 Å². The number of likely N-dealkylation sites (tertiary alicyclic amines) is 1. The molecule has 1 aliphatic carbocycles. The van der Waals surface area contributed by atoms with Gasteiger partial charge in [0.1, 0.15) is 50.0 Å². The molecule has 0 bridgehead atoms. The number of unbranched alkanes of at least 4 members (excludes halogenated alkanes) is 1. The van der Waals surface area contributed by atoms with Crippen molar-refractivity contribution < 1.29 is 110 Å². The first-order valence-electron chi connectivity index (χ1n) is 38.2. The summed E-state index contributed by atoms with van der Waals surface area (Å²) in [4.78, 5) is 136. The molecule has 4 unspecified atom stereocenters. The monoisotopic (exact) mass is 1600 g/mol. The van der Waals surface area contributed by atoms with E-state index in [1.54, 1.807) is 64.8 Å². The van der Waals surface area contributed by atoms with Crippen molar-refractivity contribution in [2.45, 2.75) is 134 Å². The molecule has 4 aliphatic rings. The highest BCUT2D eigenvalue weighted by molar-refractivity contribution is 8.00. The number of thioether (sulfide) groups is 1. The van der Waals surface area contributed by atoms with Crippen LogP contribution in [-0.2, 0) is 140 Å². The number of hydrogen-bond acceptors (Lipinski definition) is 29. The maximum Gasteiger partial charge on any atom is 0.510 e. The molecule has 6 amide bonds. The number of carboxylic acid groups (broad SMARTS) is 1. The van der Waals surface area contributed by atoms with Crippen LogP contribution in [0, 0.1) is 11.8 Å². The number of benzene rings is 2. The fourth-order valence-corrected chi connectivity index (χ4v) is 14.4. The minimum atomic E-state index is -2.01. The first-order chi connectivity index (χ1) is 54.8. The van der Waals surface area contributed by atoms with Crippen molar-refractivity contribution in [3.63, 3.8) is 0 Å². The second kappa shape index (κ2) is 45.7. The van der Waals surface area contributed by atoms with E-state index in [1.807, 2.05) is 6.92 Å². The number of amides is 6. The molecule has 37 heteroatoms. The van der Waals surface area contributed by atoms with Gasteiger partial charge in [-0.1, -0.05) is 31.2 Å². The van der Waals surface area contributed by atoms with Crippen molar-refractivity contribution in [2.24, 2.45) is 23.3 Å². The van der Waals surface area contributed by atoms with Gasteiger partial charge in [0, 0.05) is 53.4 Å². The number of nitrogens with one attached hydrogen (secondary N) is 4. The summed E-state index contributed by atoms with van der Waals surface area (Å²) in [6, 6.07) is 10.8. The number of imide groups is 1. The van der Waals surface area contributed by atoms with Gasteiger partial charge in [0.15, 0.2) is 0 Å². The second-order valence-corrected chi connectivity index (χ2v) is 28.5. The molecule has 3 aliphatic heterocycles. The van der Waals surface area contributed by atoms with Gasteiger partial charge in [-0.05, 0) is 118 Å². The van der Waals surface area contributed by atoms with Crippen LogP contribution in [0.4, 0.5) is 10.5 Å². The number of phenols is 1. The van der Waals surface area contributed by atoms with Crippen LogP contribution >= 0.6 is 11.8 Å². The zero-order valence-corrected chi connectivity index (χ0v) is 64.7. The molecule has 4 atom stereocenters. The van der Waals surface area contributed by atoms with Gasteiger partial charge in [0.05, 0.1) is 159 Å². The standard InChI is InChI=1S/C76H104N12O24S/c1-3-55-56-37-54(89)16-17-61(56)83-68-57(55)43-87-63(68)38-59-58(71(87)95)45-110-74(99)76(59,4-2)112-75(100)111-44-50-10-14-52(15-11-50)81-70(94)62(7-5-6-18-77)82-66(91)47-109-46-65(90)79-19-21-101-23-25-103-27-29-105-31-33-107-35-36-108-34-32-106-30-28-104-26-24-102-22-20-86-42-53(84-85-86)40-80-69(93)51-12-8-49(9-13-51)41-88-67(92)39-64(72(88)96)113-48-60(78)73(97)98/h10-11,14-17,37-38,42,49,51,60,62,64,89H,3-9,12-13,18-36,39-41,43-48,77-78H2,1-2H3,(H,79,90)(H,80,93)(H,81,94)(H,82,91)(H,97,98). The molecule has 618 valence electrons. The van der Waals surface area contributed by atoms with Crippen LogP contribution < -0.4 is 38.3 Å². The van der Waals surface area contributed by atoms with Gasteiger partial charge >= 0.3 is 18.1 Å². The summed E-state index contributed by atoms with van der Waals surface area (Å²) in [6.07, 6.45) is 5.19. The van der Waals surface area contributed by atoms with Crippen LogP contribution in [0.5, 0.6) is 5.75 Å². The Kier molecular flexibility index (Phi) is 35.5. The number of anilines is 1. The predicted octanol–water partition coefficient (Wildman–Crippen LogP) is 2.51. The van der Waals surface area contributed by atoms with Crippen molar-refractivity contribution in [3.8, 4) is 17.1 Å². The van der Waals surface area contributed by atoms with Crippen molar-refractivity contribution in [1.29, 1.82) is 0 Å². The van der Waals surface area contributed by atoms with Crippen LogP contribution in [0.1, 0.15) is 105 Å². The maximum absolute atomic E-state index is 14.1. The third-order valence-corrected chi connectivity index (χ3v) is 20.7. The molecule has 113 heavy (non-hydrogen) atoms. The summed E-state index contributed by atoms with van der Waals surface area (Å²) in [6.45, 7) is 9.78. The van der Waals surface area contributed by atoms with E-state index >= 15 is 0 Å². The number of pyridine rings is 2. The number of fused-ring (bicyclic) bond motifs is 5. The number of aromatic nitrogens is 5. The molecular formula is C76H104N12O24S. The zero-order valence-electron chi connectivity index (χ0n) is 63.9. The van der Waals surface area contributed by atoms with E-state index in [2.05, 4.69) is 31.6 Å². The third-order valence-electron chi connectivity index (χ3n) is 19.3. The minimum absolute atomic E-state index is 0.0346. The van der Waals surface area contributed by atoms with Crippen molar-refractivity contribution >= 4 is 81.9 Å². The molecular weight excluding hydrogens is 1500 g/mol. The highest BCUT2D eigenvalue weighted by atomic mass is 32.2. The first-order valence-corrected chi connectivity index (χ1v) is 39.3. The topological polar surface area (TPSA) is 474 Å². The highest BCUT2D eigenvalue weighted by Gasteiger charge is 2.51. The van der Waals surface area contributed by atoms with Gasteiger partial charge < -0.3 is 104 Å². The summed E-state index contributed by atoms with van der Waals surface area (Å²) in [5.41, 5.74) is 14.0. The summed E-state index contributed by atoms with van der Waals surface area (Å²) < 4.78 is 69.8. The minimum Gasteiger partial charge on any atom is -0.508 e. The highest BCUT2D eigenvalue weighted by Crippen LogP contribution is 2.43. The molecule has 3 aromatic heterocycles. The Balaban J connectivity index is 0.518. The summed E-state index contributed by atoms with van der Waals surface area (Å²) >= 11 is 1.10. The molecule has 10 N–H and O–H groups in total. The molecule has 0 spiro atoms. The number of nitrogens with two attached hydrogens (primary N) is 2. The van der Waals surface area contributed by atoms with E-state index in [-0.39, 0.29) is 118 Å². The lowest BCUT2D eigenvalue weighted by Crippen LogP contribution is -2.47. The number of carboxylic acids is 1. The Morgan fingerprint density at radius 1 is 0.752 bits per heavy atom. The summed E-state index contributed by atoms with van der Waals surface area (Å²) in [5.74, 6) is -4.21. The average molecular weight is 1600 g/mol.